The molecular weight excluding hydrogens is 284 g/mol. The molecule has 0 atom stereocenters. The van der Waals surface area contributed by atoms with Gasteiger partial charge in [0.05, 0.1) is 6.42 Å². The van der Waals surface area contributed by atoms with Crippen LogP contribution in [0, 0.1) is 6.92 Å². The van der Waals surface area contributed by atoms with Crippen LogP contribution in [0.1, 0.15) is 27.2 Å². The molecule has 23 heavy (non-hydrogen) atoms. The topological polar surface area (TPSA) is 33.0 Å². The molecule has 0 aliphatic rings. The molecule has 0 radical (unpaired) electrons. The van der Waals surface area contributed by atoms with E-state index in [9.17, 15) is 4.79 Å². The van der Waals surface area contributed by atoms with Gasteiger partial charge in [0.2, 0.25) is 5.69 Å². The summed E-state index contributed by atoms with van der Waals surface area (Å²) in [6.45, 7) is 2.08. The van der Waals surface area contributed by atoms with Gasteiger partial charge >= 0.3 is 5.91 Å². The van der Waals surface area contributed by atoms with Crippen molar-refractivity contribution in [3.05, 3.63) is 101 Å². The zero-order chi connectivity index (χ0) is 16.1. The summed E-state index contributed by atoms with van der Waals surface area (Å²) in [6, 6.07) is 23.5. The highest BCUT2D eigenvalue weighted by atomic mass is 16.2. The summed E-state index contributed by atoms with van der Waals surface area (Å²) in [6.07, 6.45) is 2.63. The number of carbonyl (C=O) groups is 1. The highest BCUT2D eigenvalue weighted by Crippen LogP contribution is 2.08. The first kappa shape index (κ1) is 15.0. The number of pyridine rings is 1. The maximum absolute atomic E-state index is 12.3. The lowest BCUT2D eigenvalue weighted by Gasteiger charge is -2.05. The van der Waals surface area contributed by atoms with E-state index >= 15 is 0 Å². The van der Waals surface area contributed by atoms with Crippen molar-refractivity contribution in [1.82, 2.24) is 0 Å². The molecule has 1 amide bonds. The van der Waals surface area contributed by atoms with E-state index in [0.717, 1.165) is 12.1 Å². The number of benzene rings is 2. The van der Waals surface area contributed by atoms with Gasteiger partial charge in [-0.15, -0.1) is 5.43 Å². The SMILES string of the molecule is Cc1cccc(Cc2cccc[n+]2NC(=O)c2ccccc2)c1. The minimum Gasteiger partial charge on any atom is -0.264 e. The van der Waals surface area contributed by atoms with E-state index in [1.807, 2.05) is 42.6 Å². The summed E-state index contributed by atoms with van der Waals surface area (Å²) < 4.78 is 1.79. The molecule has 0 spiro atoms. The van der Waals surface area contributed by atoms with Crippen LogP contribution in [-0.4, -0.2) is 5.91 Å². The van der Waals surface area contributed by atoms with E-state index in [2.05, 4.69) is 36.6 Å². The second kappa shape index (κ2) is 6.88. The smallest absolute Gasteiger partial charge is 0.264 e. The van der Waals surface area contributed by atoms with Crippen LogP contribution in [0.3, 0.4) is 0 Å². The number of rotatable bonds is 4. The molecule has 3 rings (SSSR count). The number of carbonyl (C=O) groups excluding carboxylic acids is 1. The van der Waals surface area contributed by atoms with Gasteiger partial charge in [-0.05, 0) is 30.7 Å². The molecule has 0 unspecified atom stereocenters. The van der Waals surface area contributed by atoms with Crippen LogP contribution in [0.15, 0.2) is 79.0 Å². The molecule has 0 saturated carbocycles. The Hall–Kier alpha value is -2.94. The van der Waals surface area contributed by atoms with Gasteiger partial charge in [0.25, 0.3) is 0 Å². The van der Waals surface area contributed by atoms with E-state index in [4.69, 9.17) is 0 Å². The number of aromatic nitrogens is 1. The van der Waals surface area contributed by atoms with Crippen molar-refractivity contribution >= 4 is 5.91 Å². The van der Waals surface area contributed by atoms with Crippen LogP contribution in [-0.2, 0) is 6.42 Å². The normalized spacial score (nSPS) is 10.3. The number of nitrogens with zero attached hydrogens (tertiary/aromatic N) is 1. The molecule has 0 saturated heterocycles. The second-order valence-corrected chi connectivity index (χ2v) is 5.53. The summed E-state index contributed by atoms with van der Waals surface area (Å²) in [4.78, 5) is 12.3. The first-order valence-electron chi connectivity index (χ1n) is 7.64. The third-order valence-electron chi connectivity index (χ3n) is 3.67. The summed E-state index contributed by atoms with van der Waals surface area (Å²) in [5.41, 5.74) is 7.07. The minimum atomic E-state index is -0.118. The van der Waals surface area contributed by atoms with Crippen molar-refractivity contribution in [3.8, 4) is 0 Å². The lowest BCUT2D eigenvalue weighted by Crippen LogP contribution is -2.51. The van der Waals surface area contributed by atoms with Crippen LogP contribution >= 0.6 is 0 Å². The highest BCUT2D eigenvalue weighted by Gasteiger charge is 2.15. The lowest BCUT2D eigenvalue weighted by atomic mass is 10.1. The van der Waals surface area contributed by atoms with E-state index < -0.39 is 0 Å². The molecule has 1 aromatic heterocycles. The van der Waals surface area contributed by atoms with Gasteiger partial charge in [-0.3, -0.25) is 4.79 Å². The average Bonchev–Trinajstić information content (AvgIpc) is 2.57. The van der Waals surface area contributed by atoms with E-state index in [1.165, 1.54) is 11.1 Å². The minimum absolute atomic E-state index is 0.118. The predicted octanol–water partition coefficient (Wildman–Crippen LogP) is 3.26. The van der Waals surface area contributed by atoms with Crippen molar-refractivity contribution in [2.45, 2.75) is 13.3 Å². The van der Waals surface area contributed by atoms with Gasteiger partial charge in [-0.2, -0.15) is 0 Å². The molecule has 3 aromatic rings. The van der Waals surface area contributed by atoms with Gasteiger partial charge in [-0.1, -0.05) is 52.7 Å². The van der Waals surface area contributed by atoms with Gasteiger partial charge < -0.3 is 0 Å². The van der Waals surface area contributed by atoms with Crippen molar-refractivity contribution in [1.29, 1.82) is 0 Å². The molecule has 114 valence electrons. The molecule has 2 aromatic carbocycles. The zero-order valence-electron chi connectivity index (χ0n) is 13.1. The van der Waals surface area contributed by atoms with E-state index in [0.29, 0.717) is 5.56 Å². The molecule has 0 bridgehead atoms. The van der Waals surface area contributed by atoms with Gasteiger partial charge in [0.15, 0.2) is 6.20 Å². The number of hydrogen-bond donors (Lipinski definition) is 1. The number of nitrogens with one attached hydrogen (secondary N) is 1. The molecule has 0 fully saturated rings. The summed E-state index contributed by atoms with van der Waals surface area (Å²) in [5, 5.41) is 0. The maximum atomic E-state index is 12.3. The monoisotopic (exact) mass is 303 g/mol. The Balaban J connectivity index is 1.82. The van der Waals surface area contributed by atoms with Crippen molar-refractivity contribution in [2.24, 2.45) is 0 Å². The van der Waals surface area contributed by atoms with Crippen molar-refractivity contribution in [2.75, 3.05) is 5.43 Å². The standard InChI is InChI=1S/C20H18N2O/c1-16-8-7-9-17(14-16)15-19-12-5-6-13-22(19)21-20(23)18-10-3-2-4-11-18/h2-14H,15H2,1H3/p+1. The molecule has 1 N–H and O–H groups in total. The number of aryl methyl sites for hydroxylation is 1. The molecule has 1 heterocycles. The maximum Gasteiger partial charge on any atom is 0.305 e. The Labute approximate surface area is 136 Å². The van der Waals surface area contributed by atoms with E-state index in [1.54, 1.807) is 16.8 Å². The van der Waals surface area contributed by atoms with Gasteiger partial charge in [-0.25, -0.2) is 0 Å². The van der Waals surface area contributed by atoms with Gasteiger partial charge in [0.1, 0.15) is 0 Å². The Kier molecular flexibility index (Phi) is 4.48. The quantitative estimate of drug-likeness (QED) is 0.737. The third-order valence-corrected chi connectivity index (χ3v) is 3.67. The van der Waals surface area contributed by atoms with Crippen molar-refractivity contribution in [3.63, 3.8) is 0 Å². The van der Waals surface area contributed by atoms with Crippen LogP contribution in [0.5, 0.6) is 0 Å². The molecular formula is C20H19N2O+. The predicted molar refractivity (Wildman–Crippen MR) is 90.8 cm³/mol. The Morgan fingerprint density at radius 1 is 0.957 bits per heavy atom. The summed E-state index contributed by atoms with van der Waals surface area (Å²) >= 11 is 0. The fourth-order valence-electron chi connectivity index (χ4n) is 2.53. The summed E-state index contributed by atoms with van der Waals surface area (Å²) in [7, 11) is 0. The fourth-order valence-corrected chi connectivity index (χ4v) is 2.53. The van der Waals surface area contributed by atoms with Crippen LogP contribution in [0.25, 0.3) is 0 Å². The van der Waals surface area contributed by atoms with Crippen LogP contribution in [0.4, 0.5) is 0 Å². The Bertz CT molecular complexity index is 813. The lowest BCUT2D eigenvalue weighted by molar-refractivity contribution is -0.649. The van der Waals surface area contributed by atoms with Gasteiger partial charge in [0, 0.05) is 17.7 Å². The molecule has 0 aliphatic carbocycles. The first-order chi connectivity index (χ1) is 11.2. The van der Waals surface area contributed by atoms with Crippen LogP contribution < -0.4 is 10.1 Å². The Morgan fingerprint density at radius 2 is 1.74 bits per heavy atom. The average molecular weight is 303 g/mol. The number of amides is 1. The largest absolute Gasteiger partial charge is 0.305 e. The van der Waals surface area contributed by atoms with Crippen LogP contribution in [0.2, 0.25) is 0 Å². The zero-order valence-corrected chi connectivity index (χ0v) is 13.1. The number of hydrogen-bond acceptors (Lipinski definition) is 1. The third kappa shape index (κ3) is 3.83. The van der Waals surface area contributed by atoms with E-state index in [-0.39, 0.29) is 5.91 Å². The summed E-state index contributed by atoms with van der Waals surface area (Å²) in [5.74, 6) is -0.118. The fraction of sp³-hybridized carbons (Fsp3) is 0.100. The molecule has 3 nitrogen and oxygen atoms in total. The second-order valence-electron chi connectivity index (χ2n) is 5.53. The molecule has 3 heteroatoms. The first-order valence-corrected chi connectivity index (χ1v) is 7.64. The highest BCUT2D eigenvalue weighted by molar-refractivity contribution is 5.98. The Morgan fingerprint density at radius 3 is 2.52 bits per heavy atom. The molecule has 0 aliphatic heterocycles. The van der Waals surface area contributed by atoms with Crippen molar-refractivity contribution < 1.29 is 9.47 Å².